The van der Waals surface area contributed by atoms with Crippen molar-refractivity contribution in [3.05, 3.63) is 57.7 Å². The Morgan fingerprint density at radius 3 is 2.50 bits per heavy atom. The lowest BCUT2D eigenvalue weighted by molar-refractivity contribution is 0.101. The average molecular weight is 328 g/mol. The first-order valence-corrected chi connectivity index (χ1v) is 8.36. The molecule has 110 valence electrons. The van der Waals surface area contributed by atoms with Gasteiger partial charge in [-0.1, -0.05) is 0 Å². The lowest BCUT2D eigenvalue weighted by Gasteiger charge is -2.03. The van der Waals surface area contributed by atoms with Gasteiger partial charge in [-0.15, -0.1) is 11.3 Å². The van der Waals surface area contributed by atoms with E-state index >= 15 is 0 Å². The number of hydrogen-bond acceptors (Lipinski definition) is 5. The van der Waals surface area contributed by atoms with Crippen molar-refractivity contribution >= 4 is 40.1 Å². The van der Waals surface area contributed by atoms with Gasteiger partial charge in [0, 0.05) is 27.6 Å². The number of aromatic nitrogens is 1. The second kappa shape index (κ2) is 6.21. The molecule has 1 N–H and O–H groups in total. The van der Waals surface area contributed by atoms with Crippen LogP contribution < -0.4 is 5.32 Å². The Bertz CT molecular complexity index is 805. The van der Waals surface area contributed by atoms with Crippen LogP contribution in [0.15, 0.2) is 46.5 Å². The molecule has 22 heavy (non-hydrogen) atoms. The second-order valence-corrected chi connectivity index (χ2v) is 6.28. The van der Waals surface area contributed by atoms with Crippen LogP contribution in [0, 0.1) is 0 Å². The largest absolute Gasteiger partial charge is 0.321 e. The third kappa shape index (κ3) is 3.13. The highest BCUT2D eigenvalue weighted by atomic mass is 32.1. The molecule has 2 heterocycles. The van der Waals surface area contributed by atoms with Gasteiger partial charge in [0.1, 0.15) is 10.7 Å². The van der Waals surface area contributed by atoms with Gasteiger partial charge in [0.2, 0.25) is 0 Å². The number of hydrogen-bond donors (Lipinski definition) is 1. The quantitative estimate of drug-likeness (QED) is 0.725. The molecular formula is C16H12N2O2S2. The highest BCUT2D eigenvalue weighted by molar-refractivity contribution is 7.14. The van der Waals surface area contributed by atoms with Crippen LogP contribution in [0.3, 0.4) is 0 Å². The monoisotopic (exact) mass is 328 g/mol. The zero-order chi connectivity index (χ0) is 15.5. The van der Waals surface area contributed by atoms with Crippen LogP contribution >= 0.6 is 22.7 Å². The zero-order valence-corrected chi connectivity index (χ0v) is 13.3. The Morgan fingerprint density at radius 2 is 1.86 bits per heavy atom. The number of anilines is 1. The van der Waals surface area contributed by atoms with E-state index in [0.717, 1.165) is 10.6 Å². The number of nitrogens with one attached hydrogen (secondary N) is 1. The molecule has 4 nitrogen and oxygen atoms in total. The fourth-order valence-corrected chi connectivity index (χ4v) is 3.39. The smallest absolute Gasteiger partial charge is 0.275 e. The lowest BCUT2D eigenvalue weighted by Crippen LogP contribution is -2.12. The third-order valence-electron chi connectivity index (χ3n) is 3.05. The minimum absolute atomic E-state index is 0.00205. The molecule has 0 radical (unpaired) electrons. The van der Waals surface area contributed by atoms with E-state index < -0.39 is 0 Å². The summed E-state index contributed by atoms with van der Waals surface area (Å²) in [5, 5.41) is 9.33. The topological polar surface area (TPSA) is 59.1 Å². The molecule has 0 aliphatic heterocycles. The number of rotatable bonds is 4. The van der Waals surface area contributed by atoms with E-state index in [1.165, 1.54) is 18.3 Å². The van der Waals surface area contributed by atoms with Gasteiger partial charge >= 0.3 is 0 Å². The standard InChI is InChI=1S/C16H12N2O2S2/c1-10(19)11-2-4-13(5-3-11)17-15(20)14-9-22-16(18-14)12-6-7-21-8-12/h2-9H,1H3,(H,17,20). The van der Waals surface area contributed by atoms with E-state index in [0.29, 0.717) is 16.9 Å². The van der Waals surface area contributed by atoms with Gasteiger partial charge in [-0.2, -0.15) is 11.3 Å². The minimum atomic E-state index is -0.256. The molecular weight excluding hydrogens is 316 g/mol. The molecule has 2 aromatic heterocycles. The van der Waals surface area contributed by atoms with Crippen molar-refractivity contribution in [1.82, 2.24) is 4.98 Å². The Hall–Kier alpha value is -2.31. The molecule has 0 spiro atoms. The first-order valence-electron chi connectivity index (χ1n) is 6.54. The third-order valence-corrected chi connectivity index (χ3v) is 4.63. The maximum Gasteiger partial charge on any atom is 0.275 e. The molecule has 0 saturated heterocycles. The fourth-order valence-electron chi connectivity index (χ4n) is 1.88. The molecule has 6 heteroatoms. The zero-order valence-electron chi connectivity index (χ0n) is 11.7. The molecule has 1 amide bonds. The van der Waals surface area contributed by atoms with Gasteiger partial charge < -0.3 is 5.32 Å². The van der Waals surface area contributed by atoms with Crippen LogP contribution in [-0.2, 0) is 0 Å². The Balaban J connectivity index is 1.73. The van der Waals surface area contributed by atoms with Crippen LogP contribution in [-0.4, -0.2) is 16.7 Å². The van der Waals surface area contributed by atoms with Crippen molar-refractivity contribution in [2.45, 2.75) is 6.92 Å². The van der Waals surface area contributed by atoms with Crippen LogP contribution in [0.25, 0.3) is 10.6 Å². The van der Waals surface area contributed by atoms with Crippen LogP contribution in [0.4, 0.5) is 5.69 Å². The maximum absolute atomic E-state index is 12.2. The van der Waals surface area contributed by atoms with Crippen molar-refractivity contribution in [3.63, 3.8) is 0 Å². The number of benzene rings is 1. The molecule has 1 aromatic carbocycles. The lowest BCUT2D eigenvalue weighted by atomic mass is 10.1. The SMILES string of the molecule is CC(=O)c1ccc(NC(=O)c2csc(-c3ccsc3)n2)cc1. The minimum Gasteiger partial charge on any atom is -0.321 e. The van der Waals surface area contributed by atoms with E-state index in [1.54, 1.807) is 41.0 Å². The highest BCUT2D eigenvalue weighted by Gasteiger charge is 2.12. The summed E-state index contributed by atoms with van der Waals surface area (Å²) in [5.74, 6) is -0.258. The van der Waals surface area contributed by atoms with E-state index in [-0.39, 0.29) is 11.7 Å². The predicted molar refractivity (Wildman–Crippen MR) is 89.8 cm³/mol. The van der Waals surface area contributed by atoms with Crippen LogP contribution in [0.5, 0.6) is 0 Å². The molecule has 0 aliphatic carbocycles. The van der Waals surface area contributed by atoms with E-state index in [9.17, 15) is 9.59 Å². The molecule has 3 rings (SSSR count). The number of nitrogens with zero attached hydrogens (tertiary/aromatic N) is 1. The summed E-state index contributed by atoms with van der Waals surface area (Å²) in [4.78, 5) is 27.8. The number of carbonyl (C=O) groups excluding carboxylic acids is 2. The van der Waals surface area contributed by atoms with Crippen molar-refractivity contribution in [3.8, 4) is 10.6 Å². The van der Waals surface area contributed by atoms with E-state index in [1.807, 2.05) is 16.8 Å². The second-order valence-electron chi connectivity index (χ2n) is 4.64. The van der Waals surface area contributed by atoms with Gasteiger partial charge in [0.05, 0.1) is 0 Å². The number of Topliss-reactive ketones (excluding diaryl/α,β-unsaturated/α-hetero) is 1. The molecule has 0 saturated carbocycles. The molecule has 0 atom stereocenters. The number of carbonyl (C=O) groups is 2. The summed E-state index contributed by atoms with van der Waals surface area (Å²) < 4.78 is 0. The maximum atomic E-state index is 12.2. The van der Waals surface area contributed by atoms with Gasteiger partial charge in [-0.05, 0) is 42.6 Å². The summed E-state index contributed by atoms with van der Waals surface area (Å²) in [6.45, 7) is 1.51. The van der Waals surface area contributed by atoms with Crippen molar-refractivity contribution < 1.29 is 9.59 Å². The number of thiophene rings is 1. The molecule has 0 bridgehead atoms. The molecule has 3 aromatic rings. The van der Waals surface area contributed by atoms with Crippen molar-refractivity contribution in [1.29, 1.82) is 0 Å². The van der Waals surface area contributed by atoms with Gasteiger partial charge in [0.15, 0.2) is 5.78 Å². The highest BCUT2D eigenvalue weighted by Crippen LogP contribution is 2.26. The van der Waals surface area contributed by atoms with Gasteiger partial charge in [-0.3, -0.25) is 9.59 Å². The first kappa shape index (κ1) is 14.6. The van der Waals surface area contributed by atoms with Crippen molar-refractivity contribution in [2.24, 2.45) is 0 Å². The van der Waals surface area contributed by atoms with E-state index in [2.05, 4.69) is 10.3 Å². The Kier molecular flexibility index (Phi) is 4.13. The van der Waals surface area contributed by atoms with E-state index in [4.69, 9.17) is 0 Å². The summed E-state index contributed by atoms with van der Waals surface area (Å²) in [6.07, 6.45) is 0. The Labute approximate surface area is 135 Å². The Morgan fingerprint density at radius 1 is 1.09 bits per heavy atom. The summed E-state index contributed by atoms with van der Waals surface area (Å²) >= 11 is 3.04. The van der Waals surface area contributed by atoms with Gasteiger partial charge in [0.25, 0.3) is 5.91 Å². The van der Waals surface area contributed by atoms with Crippen molar-refractivity contribution in [2.75, 3.05) is 5.32 Å². The summed E-state index contributed by atoms with van der Waals surface area (Å²) in [7, 11) is 0. The summed E-state index contributed by atoms with van der Waals surface area (Å²) in [6, 6.07) is 8.78. The predicted octanol–water partition coefficient (Wildman–Crippen LogP) is 4.33. The molecule has 0 unspecified atom stereocenters. The molecule has 0 aliphatic rings. The molecule has 0 fully saturated rings. The van der Waals surface area contributed by atoms with Crippen LogP contribution in [0.1, 0.15) is 27.8 Å². The van der Waals surface area contributed by atoms with Gasteiger partial charge in [-0.25, -0.2) is 4.98 Å². The summed E-state index contributed by atoms with van der Waals surface area (Å²) in [5.41, 5.74) is 2.67. The number of amides is 1. The number of ketones is 1. The average Bonchev–Trinajstić information content (AvgIpc) is 3.19. The first-order chi connectivity index (χ1) is 10.6. The number of thiazole rings is 1. The van der Waals surface area contributed by atoms with Crippen LogP contribution in [0.2, 0.25) is 0 Å². The fraction of sp³-hybridized carbons (Fsp3) is 0.0625. The normalized spacial score (nSPS) is 10.4.